The maximum Gasteiger partial charge on any atom is 0.146 e. The summed E-state index contributed by atoms with van der Waals surface area (Å²) < 4.78 is 19.6. The van der Waals surface area contributed by atoms with Crippen LogP contribution in [0.3, 0.4) is 0 Å². The average Bonchev–Trinajstić information content (AvgIpc) is 3.18. The maximum absolute atomic E-state index is 14.0. The molecule has 0 amide bonds. The van der Waals surface area contributed by atoms with Gasteiger partial charge in [-0.25, -0.2) is 4.39 Å². The Bertz CT molecular complexity index is 419. The van der Waals surface area contributed by atoms with Gasteiger partial charge in [0.05, 0.1) is 12.3 Å². The molecule has 4 heteroatoms. The SMILES string of the molecule is C[C@@H](N)c1cccc(F)c1N(C)CCOCC1CC1. The second kappa shape index (κ2) is 6.35. The molecular formula is C15H23FN2O. The van der Waals surface area contributed by atoms with Crippen LogP contribution < -0.4 is 10.6 Å². The first-order valence-corrected chi connectivity index (χ1v) is 6.92. The monoisotopic (exact) mass is 266 g/mol. The van der Waals surface area contributed by atoms with Crippen LogP contribution in [0.4, 0.5) is 10.1 Å². The highest BCUT2D eigenvalue weighted by Crippen LogP contribution is 2.29. The van der Waals surface area contributed by atoms with E-state index in [2.05, 4.69) is 0 Å². The second-order valence-corrected chi connectivity index (χ2v) is 5.41. The van der Waals surface area contributed by atoms with Crippen molar-refractivity contribution in [3.05, 3.63) is 29.6 Å². The third-order valence-corrected chi connectivity index (χ3v) is 3.51. The number of nitrogens with two attached hydrogens (primary N) is 1. The van der Waals surface area contributed by atoms with Crippen LogP contribution >= 0.6 is 0 Å². The Morgan fingerprint density at radius 3 is 2.84 bits per heavy atom. The number of hydrogen-bond donors (Lipinski definition) is 1. The quantitative estimate of drug-likeness (QED) is 0.771. The van der Waals surface area contributed by atoms with E-state index in [0.717, 1.165) is 18.1 Å². The third-order valence-electron chi connectivity index (χ3n) is 3.51. The lowest BCUT2D eigenvalue weighted by molar-refractivity contribution is 0.130. The van der Waals surface area contributed by atoms with Crippen molar-refractivity contribution in [3.63, 3.8) is 0 Å². The fourth-order valence-corrected chi connectivity index (χ4v) is 2.15. The molecule has 1 aromatic rings. The molecule has 106 valence electrons. The zero-order valence-corrected chi connectivity index (χ0v) is 11.7. The Morgan fingerprint density at radius 2 is 2.21 bits per heavy atom. The standard InChI is InChI=1S/C15H23FN2O/c1-11(17)13-4-3-5-14(16)15(13)18(2)8-9-19-10-12-6-7-12/h3-5,11-12H,6-10,17H2,1-2H3/t11-/m1/s1. The second-order valence-electron chi connectivity index (χ2n) is 5.41. The van der Waals surface area contributed by atoms with Gasteiger partial charge in [0.15, 0.2) is 0 Å². The molecule has 0 spiro atoms. The van der Waals surface area contributed by atoms with Crippen LogP contribution in [0.2, 0.25) is 0 Å². The van der Waals surface area contributed by atoms with Crippen molar-refractivity contribution in [2.45, 2.75) is 25.8 Å². The van der Waals surface area contributed by atoms with Crippen molar-refractivity contribution in [1.29, 1.82) is 0 Å². The van der Waals surface area contributed by atoms with Gasteiger partial charge in [-0.2, -0.15) is 0 Å². The molecule has 1 aliphatic rings. The molecule has 0 bridgehead atoms. The van der Waals surface area contributed by atoms with E-state index in [4.69, 9.17) is 10.5 Å². The number of nitrogens with zero attached hydrogens (tertiary/aromatic N) is 1. The summed E-state index contributed by atoms with van der Waals surface area (Å²) in [5.41, 5.74) is 7.33. The van der Waals surface area contributed by atoms with Gasteiger partial charge in [-0.05, 0) is 37.3 Å². The lowest BCUT2D eigenvalue weighted by Gasteiger charge is -2.24. The summed E-state index contributed by atoms with van der Waals surface area (Å²) >= 11 is 0. The molecule has 0 aromatic heterocycles. The number of rotatable bonds is 7. The highest BCUT2D eigenvalue weighted by molar-refractivity contribution is 5.55. The summed E-state index contributed by atoms with van der Waals surface area (Å²) in [4.78, 5) is 1.89. The molecule has 1 fully saturated rings. The molecule has 1 aliphatic carbocycles. The van der Waals surface area contributed by atoms with Gasteiger partial charge in [0.1, 0.15) is 5.82 Å². The summed E-state index contributed by atoms with van der Waals surface area (Å²) in [5, 5.41) is 0. The van der Waals surface area contributed by atoms with Gasteiger partial charge in [0.2, 0.25) is 0 Å². The molecule has 3 nitrogen and oxygen atoms in total. The van der Waals surface area contributed by atoms with Gasteiger partial charge < -0.3 is 15.4 Å². The number of hydrogen-bond acceptors (Lipinski definition) is 3. The van der Waals surface area contributed by atoms with Gasteiger partial charge in [-0.1, -0.05) is 12.1 Å². The van der Waals surface area contributed by atoms with Crippen LogP contribution in [-0.4, -0.2) is 26.8 Å². The van der Waals surface area contributed by atoms with Crippen LogP contribution in [0, 0.1) is 11.7 Å². The largest absolute Gasteiger partial charge is 0.379 e. The van der Waals surface area contributed by atoms with Crippen LogP contribution in [0.25, 0.3) is 0 Å². The molecular weight excluding hydrogens is 243 g/mol. The lowest BCUT2D eigenvalue weighted by atomic mass is 10.1. The first-order chi connectivity index (χ1) is 9.09. The first kappa shape index (κ1) is 14.3. The van der Waals surface area contributed by atoms with Crippen molar-refractivity contribution in [3.8, 4) is 0 Å². The molecule has 0 aliphatic heterocycles. The smallest absolute Gasteiger partial charge is 0.146 e. The van der Waals surface area contributed by atoms with Crippen molar-refractivity contribution < 1.29 is 9.13 Å². The molecule has 0 radical (unpaired) electrons. The van der Waals surface area contributed by atoms with Crippen molar-refractivity contribution in [1.82, 2.24) is 0 Å². The Balaban J connectivity index is 1.94. The van der Waals surface area contributed by atoms with Crippen LogP contribution in [0.5, 0.6) is 0 Å². The first-order valence-electron chi connectivity index (χ1n) is 6.92. The number of anilines is 1. The topological polar surface area (TPSA) is 38.5 Å². The molecule has 19 heavy (non-hydrogen) atoms. The van der Waals surface area contributed by atoms with E-state index in [1.807, 2.05) is 24.9 Å². The average molecular weight is 266 g/mol. The number of para-hydroxylation sites is 1. The summed E-state index contributed by atoms with van der Waals surface area (Å²) in [6.45, 7) is 4.01. The van der Waals surface area contributed by atoms with Crippen LogP contribution in [0.15, 0.2) is 18.2 Å². The number of ether oxygens (including phenoxy) is 1. The van der Waals surface area contributed by atoms with E-state index >= 15 is 0 Å². The minimum absolute atomic E-state index is 0.180. The Morgan fingerprint density at radius 1 is 1.47 bits per heavy atom. The lowest BCUT2D eigenvalue weighted by Crippen LogP contribution is -2.26. The van der Waals surface area contributed by atoms with Gasteiger partial charge in [0.25, 0.3) is 0 Å². The number of halogens is 1. The fourth-order valence-electron chi connectivity index (χ4n) is 2.15. The van der Waals surface area contributed by atoms with Crippen LogP contribution in [-0.2, 0) is 4.74 Å². The Kier molecular flexibility index (Phi) is 4.77. The maximum atomic E-state index is 14.0. The van der Waals surface area contributed by atoms with E-state index in [9.17, 15) is 4.39 Å². The molecule has 1 aromatic carbocycles. The molecule has 2 rings (SSSR count). The Hall–Kier alpha value is -1.13. The van der Waals surface area contributed by atoms with E-state index in [1.165, 1.54) is 18.9 Å². The van der Waals surface area contributed by atoms with Gasteiger partial charge in [0, 0.05) is 26.2 Å². The zero-order valence-electron chi connectivity index (χ0n) is 11.7. The van der Waals surface area contributed by atoms with Gasteiger partial charge in [-0.15, -0.1) is 0 Å². The van der Waals surface area contributed by atoms with E-state index in [0.29, 0.717) is 18.8 Å². The third kappa shape index (κ3) is 3.91. The summed E-state index contributed by atoms with van der Waals surface area (Å²) in [6, 6.07) is 4.88. The van der Waals surface area contributed by atoms with Gasteiger partial charge in [-0.3, -0.25) is 0 Å². The fraction of sp³-hybridized carbons (Fsp3) is 0.600. The normalized spacial score (nSPS) is 16.4. The summed E-state index contributed by atoms with van der Waals surface area (Å²) in [5.74, 6) is 0.540. The molecule has 0 heterocycles. The number of benzene rings is 1. The minimum atomic E-state index is -0.223. The van der Waals surface area contributed by atoms with Crippen molar-refractivity contribution in [2.75, 3.05) is 31.7 Å². The molecule has 1 atom stereocenters. The van der Waals surface area contributed by atoms with Crippen molar-refractivity contribution >= 4 is 5.69 Å². The van der Waals surface area contributed by atoms with E-state index in [-0.39, 0.29) is 11.9 Å². The predicted octanol–water partition coefficient (Wildman–Crippen LogP) is 2.71. The summed E-state index contributed by atoms with van der Waals surface area (Å²) in [6.07, 6.45) is 2.58. The highest BCUT2D eigenvalue weighted by Gasteiger charge is 2.21. The molecule has 1 saturated carbocycles. The summed E-state index contributed by atoms with van der Waals surface area (Å²) in [7, 11) is 1.88. The number of likely N-dealkylation sites (N-methyl/N-ethyl adjacent to an activating group) is 1. The zero-order chi connectivity index (χ0) is 13.8. The van der Waals surface area contributed by atoms with E-state index < -0.39 is 0 Å². The van der Waals surface area contributed by atoms with Crippen molar-refractivity contribution in [2.24, 2.45) is 11.7 Å². The molecule has 0 unspecified atom stereocenters. The van der Waals surface area contributed by atoms with Gasteiger partial charge >= 0.3 is 0 Å². The highest BCUT2D eigenvalue weighted by atomic mass is 19.1. The van der Waals surface area contributed by atoms with Crippen LogP contribution in [0.1, 0.15) is 31.4 Å². The Labute approximate surface area is 114 Å². The van der Waals surface area contributed by atoms with E-state index in [1.54, 1.807) is 6.07 Å². The molecule has 2 N–H and O–H groups in total. The predicted molar refractivity (Wildman–Crippen MR) is 75.8 cm³/mol. The minimum Gasteiger partial charge on any atom is -0.379 e. The molecule has 0 saturated heterocycles.